The fraction of sp³-hybridized carbons (Fsp3) is 0.625. The molecule has 0 aliphatic carbocycles. The third-order valence-corrected chi connectivity index (χ3v) is 7.08. The third kappa shape index (κ3) is 9.78. The van der Waals surface area contributed by atoms with Crippen LogP contribution in [0.15, 0.2) is 24.3 Å². The van der Waals surface area contributed by atoms with Gasteiger partial charge in [-0.05, 0) is 97.9 Å². The number of rotatable bonds is 18. The predicted octanol–water partition coefficient (Wildman–Crippen LogP) is 9.57. The molecule has 3 heteroatoms. The lowest BCUT2D eigenvalue weighted by atomic mass is 9.97. The quantitative estimate of drug-likeness (QED) is 0.165. The van der Waals surface area contributed by atoms with E-state index in [1.165, 1.54) is 99.3 Å². The maximum absolute atomic E-state index is 6.64. The van der Waals surface area contributed by atoms with E-state index in [9.17, 15) is 0 Å². The van der Waals surface area contributed by atoms with Crippen LogP contribution in [0.5, 0.6) is 11.5 Å². The van der Waals surface area contributed by atoms with Crippen molar-refractivity contribution in [3.05, 3.63) is 46.5 Å². The zero-order chi connectivity index (χ0) is 25.5. The number of nitrogens with two attached hydrogens (primary N) is 2. The van der Waals surface area contributed by atoms with E-state index in [1.54, 1.807) is 0 Å². The van der Waals surface area contributed by atoms with Gasteiger partial charge in [0.1, 0.15) is 11.5 Å². The van der Waals surface area contributed by atoms with Gasteiger partial charge in [-0.15, -0.1) is 0 Å². The number of nitrogen functional groups attached to an aromatic ring is 2. The molecule has 0 radical (unpaired) electrons. The topological polar surface area (TPSA) is 61.3 Å². The Morgan fingerprint density at radius 1 is 0.457 bits per heavy atom. The first-order chi connectivity index (χ1) is 17.0. The van der Waals surface area contributed by atoms with Gasteiger partial charge in [-0.1, -0.05) is 79.1 Å². The highest BCUT2D eigenvalue weighted by atomic mass is 16.5. The SMILES string of the molecule is CCCCCc1cc(Oc2cc(CCCCC)c(N)c(CCCCC)c2)cc(CCCCC)c1N. The molecule has 0 aliphatic rings. The van der Waals surface area contributed by atoms with Gasteiger partial charge in [0.05, 0.1) is 0 Å². The Hall–Kier alpha value is -2.16. The lowest BCUT2D eigenvalue weighted by Gasteiger charge is -2.18. The van der Waals surface area contributed by atoms with Crippen LogP contribution < -0.4 is 16.2 Å². The van der Waals surface area contributed by atoms with Gasteiger partial charge >= 0.3 is 0 Å². The number of ether oxygens (including phenoxy) is 1. The van der Waals surface area contributed by atoms with E-state index < -0.39 is 0 Å². The number of hydrogen-bond acceptors (Lipinski definition) is 3. The standard InChI is InChI=1S/C32H52N2O/c1-5-9-13-17-25-21-29(22-26(31(25)33)18-14-10-6-2)35-30-23-27(19-15-11-7-3)32(34)28(24-30)20-16-12-8-4/h21-24H,5-20,33-34H2,1-4H3. The van der Waals surface area contributed by atoms with Gasteiger partial charge in [-0.25, -0.2) is 0 Å². The molecule has 0 fully saturated rings. The summed E-state index contributed by atoms with van der Waals surface area (Å²) in [6.45, 7) is 8.99. The van der Waals surface area contributed by atoms with E-state index in [0.29, 0.717) is 0 Å². The van der Waals surface area contributed by atoms with Gasteiger partial charge in [0.25, 0.3) is 0 Å². The molecule has 2 aromatic rings. The molecule has 0 saturated heterocycles. The summed E-state index contributed by atoms with van der Waals surface area (Å²) in [6, 6.07) is 8.72. The number of unbranched alkanes of at least 4 members (excludes halogenated alkanes) is 8. The summed E-state index contributed by atoms with van der Waals surface area (Å²) < 4.78 is 6.57. The fourth-order valence-electron chi connectivity index (χ4n) is 4.84. The van der Waals surface area contributed by atoms with Crippen LogP contribution in [0.4, 0.5) is 11.4 Å². The Kier molecular flexibility index (Phi) is 13.7. The Bertz CT molecular complexity index is 740. The first-order valence-electron chi connectivity index (χ1n) is 14.5. The average molecular weight is 481 g/mol. The van der Waals surface area contributed by atoms with Crippen molar-refractivity contribution in [1.29, 1.82) is 0 Å². The van der Waals surface area contributed by atoms with Crippen LogP contribution in [-0.4, -0.2) is 0 Å². The molecule has 196 valence electrons. The molecule has 2 rings (SSSR count). The fourth-order valence-corrected chi connectivity index (χ4v) is 4.84. The first-order valence-corrected chi connectivity index (χ1v) is 14.5. The van der Waals surface area contributed by atoms with Crippen molar-refractivity contribution in [2.24, 2.45) is 0 Å². The molecular weight excluding hydrogens is 428 g/mol. The summed E-state index contributed by atoms with van der Waals surface area (Å²) in [5.41, 5.74) is 20.2. The van der Waals surface area contributed by atoms with Gasteiger partial charge in [0.15, 0.2) is 0 Å². The van der Waals surface area contributed by atoms with Crippen LogP contribution in [-0.2, 0) is 25.7 Å². The summed E-state index contributed by atoms with van der Waals surface area (Å²) in [4.78, 5) is 0. The third-order valence-electron chi connectivity index (χ3n) is 7.08. The Labute approximate surface area is 216 Å². The van der Waals surface area contributed by atoms with E-state index in [2.05, 4.69) is 52.0 Å². The second-order valence-electron chi connectivity index (χ2n) is 10.2. The number of anilines is 2. The maximum atomic E-state index is 6.64. The molecule has 0 aromatic heterocycles. The molecule has 0 aliphatic heterocycles. The van der Waals surface area contributed by atoms with E-state index >= 15 is 0 Å². The molecule has 2 aromatic carbocycles. The second kappa shape index (κ2) is 16.5. The smallest absolute Gasteiger partial charge is 0.128 e. The lowest BCUT2D eigenvalue weighted by molar-refractivity contribution is 0.479. The number of aryl methyl sites for hydroxylation is 4. The van der Waals surface area contributed by atoms with Crippen molar-refractivity contribution in [3.63, 3.8) is 0 Å². The van der Waals surface area contributed by atoms with Crippen molar-refractivity contribution >= 4 is 11.4 Å². The second-order valence-corrected chi connectivity index (χ2v) is 10.2. The van der Waals surface area contributed by atoms with Crippen molar-refractivity contribution in [3.8, 4) is 11.5 Å². The molecule has 3 nitrogen and oxygen atoms in total. The van der Waals surface area contributed by atoms with E-state index in [4.69, 9.17) is 16.2 Å². The minimum absolute atomic E-state index is 0.918. The molecule has 0 atom stereocenters. The average Bonchev–Trinajstić information content (AvgIpc) is 2.84. The maximum Gasteiger partial charge on any atom is 0.128 e. The molecule has 0 bridgehead atoms. The zero-order valence-corrected chi connectivity index (χ0v) is 23.2. The molecule has 0 saturated carbocycles. The van der Waals surface area contributed by atoms with Gasteiger partial charge in [-0.2, -0.15) is 0 Å². The van der Waals surface area contributed by atoms with Crippen LogP contribution in [0.1, 0.15) is 127 Å². The van der Waals surface area contributed by atoms with Crippen molar-refractivity contribution < 1.29 is 4.74 Å². The van der Waals surface area contributed by atoms with Crippen LogP contribution in [0, 0.1) is 0 Å². The summed E-state index contributed by atoms with van der Waals surface area (Å²) in [7, 11) is 0. The zero-order valence-electron chi connectivity index (χ0n) is 23.2. The molecule has 4 N–H and O–H groups in total. The number of hydrogen-bond donors (Lipinski definition) is 2. The predicted molar refractivity (Wildman–Crippen MR) is 155 cm³/mol. The van der Waals surface area contributed by atoms with Gasteiger partial charge in [0, 0.05) is 11.4 Å². The van der Waals surface area contributed by atoms with E-state index in [1.807, 2.05) is 0 Å². The lowest BCUT2D eigenvalue weighted by Crippen LogP contribution is -2.04. The summed E-state index contributed by atoms with van der Waals surface area (Å²) in [5.74, 6) is 1.84. The Morgan fingerprint density at radius 2 is 0.714 bits per heavy atom. The molecule has 35 heavy (non-hydrogen) atoms. The van der Waals surface area contributed by atoms with E-state index in [0.717, 1.165) is 48.6 Å². The molecule has 0 spiro atoms. The van der Waals surface area contributed by atoms with Crippen LogP contribution in [0.25, 0.3) is 0 Å². The van der Waals surface area contributed by atoms with Crippen molar-refractivity contribution in [1.82, 2.24) is 0 Å². The van der Waals surface area contributed by atoms with Gasteiger partial charge < -0.3 is 16.2 Å². The summed E-state index contributed by atoms with van der Waals surface area (Å²) in [6.07, 6.45) is 18.5. The minimum atomic E-state index is 0.918. The summed E-state index contributed by atoms with van der Waals surface area (Å²) >= 11 is 0. The van der Waals surface area contributed by atoms with Gasteiger partial charge in [-0.3, -0.25) is 0 Å². The molecule has 0 unspecified atom stereocenters. The molecular formula is C32H52N2O. The normalized spacial score (nSPS) is 11.2. The summed E-state index contributed by atoms with van der Waals surface area (Å²) in [5, 5.41) is 0. The van der Waals surface area contributed by atoms with Crippen molar-refractivity contribution in [2.45, 2.75) is 130 Å². The highest BCUT2D eigenvalue weighted by Gasteiger charge is 2.13. The highest BCUT2D eigenvalue weighted by molar-refractivity contribution is 5.60. The molecule has 0 amide bonds. The highest BCUT2D eigenvalue weighted by Crippen LogP contribution is 2.34. The first kappa shape index (κ1) is 29.1. The monoisotopic (exact) mass is 480 g/mol. The van der Waals surface area contributed by atoms with E-state index in [-0.39, 0.29) is 0 Å². The Balaban J connectivity index is 2.36. The van der Waals surface area contributed by atoms with Crippen LogP contribution in [0.2, 0.25) is 0 Å². The van der Waals surface area contributed by atoms with Crippen LogP contribution in [0.3, 0.4) is 0 Å². The largest absolute Gasteiger partial charge is 0.457 e. The van der Waals surface area contributed by atoms with Crippen molar-refractivity contribution in [2.75, 3.05) is 11.5 Å². The minimum Gasteiger partial charge on any atom is -0.457 e. The number of benzene rings is 2. The van der Waals surface area contributed by atoms with Gasteiger partial charge in [0.2, 0.25) is 0 Å². The van der Waals surface area contributed by atoms with Crippen LogP contribution >= 0.6 is 0 Å². The molecule has 0 heterocycles. The Morgan fingerprint density at radius 3 is 0.943 bits per heavy atom.